The van der Waals surface area contributed by atoms with Gasteiger partial charge in [0.25, 0.3) is 5.91 Å². The molecule has 1 unspecified atom stereocenters. The van der Waals surface area contributed by atoms with Gasteiger partial charge in [0, 0.05) is 6.42 Å². The molecule has 3 aliphatic rings. The Bertz CT molecular complexity index is 1110. The molecule has 2 amide bonds. The van der Waals surface area contributed by atoms with Crippen LogP contribution in [0, 0.1) is 17.1 Å². The molecule has 172 valence electrons. The molecular formula is C24H23ClFN3O4. The molecule has 1 saturated carbocycles. The molecule has 7 nitrogen and oxygen atoms in total. The highest BCUT2D eigenvalue weighted by Crippen LogP contribution is 2.34. The van der Waals surface area contributed by atoms with Gasteiger partial charge in [0.2, 0.25) is 5.91 Å². The highest BCUT2D eigenvalue weighted by atomic mass is 35.5. The Morgan fingerprint density at radius 2 is 1.85 bits per heavy atom. The minimum atomic E-state index is -1.02. The third-order valence-corrected chi connectivity index (χ3v) is 5.92. The summed E-state index contributed by atoms with van der Waals surface area (Å²) in [5.74, 6) is -0.993. The second kappa shape index (κ2) is 9.67. The van der Waals surface area contributed by atoms with Crippen LogP contribution >= 0.6 is 11.6 Å². The third-order valence-electron chi connectivity index (χ3n) is 5.62. The van der Waals surface area contributed by atoms with E-state index in [1.54, 1.807) is 18.2 Å². The van der Waals surface area contributed by atoms with E-state index in [4.69, 9.17) is 21.1 Å². The summed E-state index contributed by atoms with van der Waals surface area (Å²) in [5.41, 5.74) is -0.220. The fraction of sp³-hybridized carbons (Fsp3) is 0.375. The van der Waals surface area contributed by atoms with Crippen molar-refractivity contribution in [3.63, 3.8) is 0 Å². The van der Waals surface area contributed by atoms with Crippen molar-refractivity contribution in [2.45, 2.75) is 43.7 Å². The van der Waals surface area contributed by atoms with Crippen molar-refractivity contribution in [3.05, 3.63) is 58.4 Å². The second-order valence-electron chi connectivity index (χ2n) is 8.22. The molecule has 0 aromatic heterocycles. The topological polar surface area (TPSA) is 100 Å². The molecule has 2 N–H and O–H groups in total. The van der Waals surface area contributed by atoms with Crippen molar-refractivity contribution in [2.24, 2.45) is 0 Å². The van der Waals surface area contributed by atoms with Gasteiger partial charge in [0.05, 0.1) is 29.9 Å². The molecule has 2 bridgehead atoms. The molecular weight excluding hydrogens is 449 g/mol. The Morgan fingerprint density at radius 1 is 1.15 bits per heavy atom. The fourth-order valence-corrected chi connectivity index (χ4v) is 3.81. The van der Waals surface area contributed by atoms with E-state index in [0.717, 1.165) is 6.07 Å². The number of hydrogen-bond donors (Lipinski definition) is 2. The van der Waals surface area contributed by atoms with Gasteiger partial charge in [-0.2, -0.15) is 5.26 Å². The number of carbonyl (C=O) groups excluding carboxylic acids is 2. The summed E-state index contributed by atoms with van der Waals surface area (Å²) in [6.45, 7) is 0.733. The van der Waals surface area contributed by atoms with Crippen LogP contribution in [0.25, 0.3) is 0 Å². The van der Waals surface area contributed by atoms with Gasteiger partial charge < -0.3 is 20.1 Å². The van der Waals surface area contributed by atoms with E-state index in [1.165, 1.54) is 12.1 Å². The number of hydrogen-bond acceptors (Lipinski definition) is 5. The molecule has 0 radical (unpaired) electrons. The quantitative estimate of drug-likeness (QED) is 0.697. The summed E-state index contributed by atoms with van der Waals surface area (Å²) >= 11 is 6.35. The second-order valence-corrected chi connectivity index (χ2v) is 8.63. The maximum Gasteiger partial charge on any atom is 0.255 e. The molecule has 1 fully saturated rings. The van der Waals surface area contributed by atoms with Crippen LogP contribution in [0.5, 0.6) is 11.5 Å². The average Bonchev–Trinajstić information content (AvgIpc) is 3.56. The van der Waals surface area contributed by atoms with Gasteiger partial charge in [-0.3, -0.25) is 9.59 Å². The number of fused-ring (bicyclic) bond motifs is 10. The summed E-state index contributed by atoms with van der Waals surface area (Å²) < 4.78 is 25.4. The maximum absolute atomic E-state index is 13.9. The molecule has 0 saturated heterocycles. The molecule has 1 atom stereocenters. The van der Waals surface area contributed by atoms with Crippen molar-refractivity contribution in [2.75, 3.05) is 13.2 Å². The summed E-state index contributed by atoms with van der Waals surface area (Å²) in [6.07, 6.45) is 2.56. The van der Waals surface area contributed by atoms with Gasteiger partial charge in [-0.05, 0) is 61.6 Å². The normalized spacial score (nSPS) is 19.8. The number of nitrogens with zero attached hydrogens (tertiary/aromatic N) is 1. The average molecular weight is 472 g/mol. The first-order chi connectivity index (χ1) is 15.9. The predicted molar refractivity (Wildman–Crippen MR) is 119 cm³/mol. The first-order valence-electron chi connectivity index (χ1n) is 10.8. The number of carbonyl (C=O) groups is 2. The van der Waals surface area contributed by atoms with Crippen molar-refractivity contribution >= 4 is 23.4 Å². The Balaban J connectivity index is 1.66. The monoisotopic (exact) mass is 471 g/mol. The lowest BCUT2D eigenvalue weighted by Gasteiger charge is -2.22. The highest BCUT2D eigenvalue weighted by molar-refractivity contribution is 6.32. The standard InChI is InChI=1S/C24H23ClFN3O4/c25-18-11-15-3-5-21(18)33-10-2-1-9-32-20-6-4-16(26)13-17(20)22(30)28-19(12-15)23(31)29-24(14-27)7-8-24/h3-6,11,13,19H,1-2,7-10,12H2,(H,28,30)(H,29,31). The van der Waals surface area contributed by atoms with Gasteiger partial charge in [0.15, 0.2) is 0 Å². The zero-order valence-corrected chi connectivity index (χ0v) is 18.6. The number of nitriles is 1. The Morgan fingerprint density at radius 3 is 2.52 bits per heavy atom. The minimum Gasteiger partial charge on any atom is -0.493 e. The van der Waals surface area contributed by atoms with E-state index in [1.807, 2.05) is 0 Å². The largest absolute Gasteiger partial charge is 0.493 e. The van der Waals surface area contributed by atoms with E-state index in [2.05, 4.69) is 16.7 Å². The van der Waals surface area contributed by atoms with E-state index in [0.29, 0.717) is 55.2 Å². The summed E-state index contributed by atoms with van der Waals surface area (Å²) in [7, 11) is 0. The fourth-order valence-electron chi connectivity index (χ4n) is 3.56. The van der Waals surface area contributed by atoms with Crippen molar-refractivity contribution in [1.82, 2.24) is 10.6 Å². The van der Waals surface area contributed by atoms with E-state index in [9.17, 15) is 19.2 Å². The summed E-state index contributed by atoms with van der Waals surface area (Å²) in [5, 5.41) is 15.1. The van der Waals surface area contributed by atoms with Crippen LogP contribution in [-0.2, 0) is 11.2 Å². The molecule has 5 rings (SSSR count). The Labute approximate surface area is 195 Å². The number of nitrogens with one attached hydrogen (secondary N) is 2. The van der Waals surface area contributed by atoms with Crippen LogP contribution in [0.3, 0.4) is 0 Å². The van der Waals surface area contributed by atoms with Crippen LogP contribution in [-0.4, -0.2) is 36.6 Å². The van der Waals surface area contributed by atoms with Crippen LogP contribution in [0.15, 0.2) is 36.4 Å². The van der Waals surface area contributed by atoms with Gasteiger partial charge in [-0.25, -0.2) is 4.39 Å². The zero-order chi connectivity index (χ0) is 23.4. The molecule has 1 aliphatic carbocycles. The number of amides is 2. The lowest BCUT2D eigenvalue weighted by atomic mass is 10.0. The maximum atomic E-state index is 13.9. The molecule has 2 aliphatic heterocycles. The molecule has 2 heterocycles. The number of benzene rings is 2. The molecule has 2 aromatic rings. The SMILES string of the molecule is N#CC1(NC(=O)C2Cc3ccc(c(Cl)c3)OCCCCOc3ccc(F)cc3C(=O)N2)CC1. The molecule has 33 heavy (non-hydrogen) atoms. The van der Waals surface area contributed by atoms with Crippen LogP contribution in [0.1, 0.15) is 41.6 Å². The smallest absolute Gasteiger partial charge is 0.255 e. The summed E-state index contributed by atoms with van der Waals surface area (Å²) in [4.78, 5) is 26.1. The van der Waals surface area contributed by atoms with Gasteiger partial charge >= 0.3 is 0 Å². The Hall–Kier alpha value is -3.31. The first kappa shape index (κ1) is 22.9. The van der Waals surface area contributed by atoms with E-state index in [-0.39, 0.29) is 17.7 Å². The number of ether oxygens (including phenoxy) is 2. The minimum absolute atomic E-state index is 0.00839. The van der Waals surface area contributed by atoms with Crippen molar-refractivity contribution < 1.29 is 23.5 Å². The predicted octanol–water partition coefficient (Wildman–Crippen LogP) is 3.54. The molecule has 9 heteroatoms. The lowest BCUT2D eigenvalue weighted by Crippen LogP contribution is -2.51. The lowest BCUT2D eigenvalue weighted by molar-refractivity contribution is -0.123. The van der Waals surface area contributed by atoms with Crippen LogP contribution < -0.4 is 20.1 Å². The highest BCUT2D eigenvalue weighted by Gasteiger charge is 2.45. The van der Waals surface area contributed by atoms with Gasteiger partial charge in [0.1, 0.15) is 28.9 Å². The molecule has 2 aromatic carbocycles. The summed E-state index contributed by atoms with van der Waals surface area (Å²) in [6, 6.07) is 9.95. The Kier molecular flexibility index (Phi) is 6.70. The first-order valence-corrected chi connectivity index (χ1v) is 11.1. The van der Waals surface area contributed by atoms with Crippen molar-refractivity contribution in [1.29, 1.82) is 5.26 Å². The zero-order valence-electron chi connectivity index (χ0n) is 17.8. The van der Waals surface area contributed by atoms with Gasteiger partial charge in [-0.15, -0.1) is 0 Å². The van der Waals surface area contributed by atoms with Crippen molar-refractivity contribution in [3.8, 4) is 17.6 Å². The van der Waals surface area contributed by atoms with Gasteiger partial charge in [-0.1, -0.05) is 17.7 Å². The van der Waals surface area contributed by atoms with E-state index < -0.39 is 29.2 Å². The number of halogens is 2. The van der Waals surface area contributed by atoms with E-state index >= 15 is 0 Å². The van der Waals surface area contributed by atoms with Crippen LogP contribution in [0.4, 0.5) is 4.39 Å². The van der Waals surface area contributed by atoms with Crippen LogP contribution in [0.2, 0.25) is 5.02 Å². The molecule has 0 spiro atoms. The number of rotatable bonds is 2. The third kappa shape index (κ3) is 5.55.